The number of nitrogens with one attached hydrogen (secondary N) is 1. The van der Waals surface area contributed by atoms with Crippen LogP contribution in [0.1, 0.15) is 59.4 Å². The first kappa shape index (κ1) is 17.0. The number of benzene rings is 1. The summed E-state index contributed by atoms with van der Waals surface area (Å²) in [5.74, 6) is 0.970. The largest absolute Gasteiger partial charge is 0.491 e. The van der Waals surface area contributed by atoms with Gasteiger partial charge in [-0.1, -0.05) is 18.6 Å². The number of unbranched alkanes of at least 4 members (excludes halogenated alkanes) is 2. The van der Waals surface area contributed by atoms with Crippen LogP contribution in [-0.4, -0.2) is 18.2 Å². The Morgan fingerprint density at radius 3 is 2.20 bits per heavy atom. The lowest BCUT2D eigenvalue weighted by Crippen LogP contribution is -2.36. The smallest absolute Gasteiger partial charge is 0.119 e. The Balaban J connectivity index is 2.16. The maximum Gasteiger partial charge on any atom is 0.119 e. The third-order valence-electron chi connectivity index (χ3n) is 3.09. The van der Waals surface area contributed by atoms with E-state index in [4.69, 9.17) is 4.74 Å². The predicted molar refractivity (Wildman–Crippen MR) is 87.5 cm³/mol. The molecule has 114 valence electrons. The zero-order valence-electron chi connectivity index (χ0n) is 13.8. The Morgan fingerprint density at radius 2 is 1.65 bits per heavy atom. The molecule has 0 radical (unpaired) electrons. The van der Waals surface area contributed by atoms with Crippen LogP contribution in [0.25, 0.3) is 0 Å². The summed E-state index contributed by atoms with van der Waals surface area (Å²) in [6, 6.07) is 8.53. The zero-order chi connectivity index (χ0) is 15.0. The van der Waals surface area contributed by atoms with E-state index in [9.17, 15) is 0 Å². The van der Waals surface area contributed by atoms with Crippen LogP contribution in [-0.2, 0) is 6.42 Å². The number of hydrogen-bond donors (Lipinski definition) is 1. The van der Waals surface area contributed by atoms with E-state index in [0.717, 1.165) is 18.7 Å². The number of rotatable bonds is 8. The van der Waals surface area contributed by atoms with E-state index in [1.54, 1.807) is 0 Å². The van der Waals surface area contributed by atoms with Gasteiger partial charge >= 0.3 is 0 Å². The van der Waals surface area contributed by atoms with Gasteiger partial charge < -0.3 is 10.1 Å². The fraction of sp³-hybridized carbons (Fsp3) is 0.667. The summed E-state index contributed by atoms with van der Waals surface area (Å²) in [7, 11) is 0. The molecule has 0 atom stereocenters. The molecule has 1 rings (SSSR count). The molecule has 0 heterocycles. The SMILES string of the molecule is CC(C)Oc1ccc(CCCCCNC(C)(C)C)cc1. The van der Waals surface area contributed by atoms with Crippen LogP contribution in [0.15, 0.2) is 24.3 Å². The van der Waals surface area contributed by atoms with Crippen molar-refractivity contribution in [2.24, 2.45) is 0 Å². The average Bonchev–Trinajstić information content (AvgIpc) is 2.33. The third kappa shape index (κ3) is 8.21. The molecule has 0 spiro atoms. The van der Waals surface area contributed by atoms with E-state index >= 15 is 0 Å². The summed E-state index contributed by atoms with van der Waals surface area (Å²) in [4.78, 5) is 0. The molecule has 0 bridgehead atoms. The lowest BCUT2D eigenvalue weighted by atomic mass is 10.1. The van der Waals surface area contributed by atoms with Gasteiger partial charge in [-0.3, -0.25) is 0 Å². The van der Waals surface area contributed by atoms with Crippen molar-refractivity contribution in [3.05, 3.63) is 29.8 Å². The standard InChI is InChI=1S/C18H31NO/c1-15(2)20-17-12-10-16(11-13-17)9-7-6-8-14-19-18(3,4)5/h10-13,15,19H,6-9,14H2,1-5H3. The molecular weight excluding hydrogens is 246 g/mol. The van der Waals surface area contributed by atoms with Crippen LogP contribution in [0.4, 0.5) is 0 Å². The van der Waals surface area contributed by atoms with Gasteiger partial charge in [-0.15, -0.1) is 0 Å². The van der Waals surface area contributed by atoms with Gasteiger partial charge in [0.2, 0.25) is 0 Å². The van der Waals surface area contributed by atoms with Crippen molar-refractivity contribution in [3.63, 3.8) is 0 Å². The maximum absolute atomic E-state index is 5.65. The van der Waals surface area contributed by atoms with Crippen molar-refractivity contribution in [2.45, 2.75) is 71.9 Å². The molecular formula is C18H31NO. The van der Waals surface area contributed by atoms with E-state index in [-0.39, 0.29) is 11.6 Å². The molecule has 0 fully saturated rings. The Labute approximate surface area is 124 Å². The van der Waals surface area contributed by atoms with E-state index < -0.39 is 0 Å². The predicted octanol–water partition coefficient (Wildman–Crippen LogP) is 4.57. The molecule has 2 heteroatoms. The maximum atomic E-state index is 5.65. The normalized spacial score (nSPS) is 11.9. The second kappa shape index (κ2) is 8.31. The van der Waals surface area contributed by atoms with Gasteiger partial charge in [-0.25, -0.2) is 0 Å². The zero-order valence-corrected chi connectivity index (χ0v) is 13.8. The van der Waals surface area contributed by atoms with Gasteiger partial charge in [-0.2, -0.15) is 0 Å². The quantitative estimate of drug-likeness (QED) is 0.703. The Hall–Kier alpha value is -1.02. The molecule has 0 unspecified atom stereocenters. The first-order valence-electron chi connectivity index (χ1n) is 7.87. The summed E-state index contributed by atoms with van der Waals surface area (Å²) in [5.41, 5.74) is 1.65. The molecule has 0 amide bonds. The minimum absolute atomic E-state index is 0.242. The molecule has 1 N–H and O–H groups in total. The third-order valence-corrected chi connectivity index (χ3v) is 3.09. The lowest BCUT2D eigenvalue weighted by Gasteiger charge is -2.20. The Morgan fingerprint density at radius 1 is 1.00 bits per heavy atom. The van der Waals surface area contributed by atoms with Crippen LogP contribution in [0.5, 0.6) is 5.75 Å². The molecule has 0 aliphatic rings. The van der Waals surface area contributed by atoms with Crippen molar-refractivity contribution in [3.8, 4) is 5.75 Å². The molecule has 0 saturated carbocycles. The van der Waals surface area contributed by atoms with Gasteiger partial charge in [0.1, 0.15) is 5.75 Å². The molecule has 20 heavy (non-hydrogen) atoms. The van der Waals surface area contributed by atoms with Crippen LogP contribution >= 0.6 is 0 Å². The average molecular weight is 277 g/mol. The van der Waals surface area contributed by atoms with Crippen LogP contribution < -0.4 is 10.1 Å². The first-order valence-corrected chi connectivity index (χ1v) is 7.87. The molecule has 0 aliphatic heterocycles. The van der Waals surface area contributed by atoms with Crippen LogP contribution in [0.2, 0.25) is 0 Å². The highest BCUT2D eigenvalue weighted by Crippen LogP contribution is 2.15. The van der Waals surface area contributed by atoms with Gasteiger partial charge in [0.25, 0.3) is 0 Å². The number of aryl methyl sites for hydroxylation is 1. The van der Waals surface area contributed by atoms with Crippen molar-refractivity contribution in [1.29, 1.82) is 0 Å². The summed E-state index contributed by atoms with van der Waals surface area (Å²) in [6.07, 6.45) is 5.21. The molecule has 2 nitrogen and oxygen atoms in total. The molecule has 1 aromatic rings. The summed E-state index contributed by atoms with van der Waals surface area (Å²) in [5, 5.41) is 3.53. The fourth-order valence-electron chi connectivity index (χ4n) is 2.10. The number of ether oxygens (including phenoxy) is 1. The van der Waals surface area contributed by atoms with E-state index in [2.05, 4.69) is 64.2 Å². The molecule has 0 saturated heterocycles. The minimum Gasteiger partial charge on any atom is -0.491 e. The van der Waals surface area contributed by atoms with Crippen molar-refractivity contribution < 1.29 is 4.74 Å². The topological polar surface area (TPSA) is 21.3 Å². The van der Waals surface area contributed by atoms with Crippen LogP contribution in [0.3, 0.4) is 0 Å². The summed E-state index contributed by atoms with van der Waals surface area (Å²) >= 11 is 0. The summed E-state index contributed by atoms with van der Waals surface area (Å²) in [6.45, 7) is 11.9. The van der Waals surface area contributed by atoms with Crippen LogP contribution in [0, 0.1) is 0 Å². The highest BCUT2D eigenvalue weighted by molar-refractivity contribution is 5.27. The highest BCUT2D eigenvalue weighted by atomic mass is 16.5. The highest BCUT2D eigenvalue weighted by Gasteiger charge is 2.06. The minimum atomic E-state index is 0.242. The Kier molecular flexibility index (Phi) is 7.08. The monoisotopic (exact) mass is 277 g/mol. The fourth-order valence-corrected chi connectivity index (χ4v) is 2.10. The molecule has 1 aromatic carbocycles. The summed E-state index contributed by atoms with van der Waals surface area (Å²) < 4.78 is 5.65. The van der Waals surface area contributed by atoms with Crippen molar-refractivity contribution >= 4 is 0 Å². The lowest BCUT2D eigenvalue weighted by molar-refractivity contribution is 0.242. The van der Waals surface area contributed by atoms with Gasteiger partial charge in [-0.05, 0) is 78.1 Å². The van der Waals surface area contributed by atoms with Gasteiger partial charge in [0, 0.05) is 5.54 Å². The Bertz CT molecular complexity index is 362. The molecule has 0 aromatic heterocycles. The van der Waals surface area contributed by atoms with Gasteiger partial charge in [0.05, 0.1) is 6.10 Å². The van der Waals surface area contributed by atoms with Gasteiger partial charge in [0.15, 0.2) is 0 Å². The number of hydrogen-bond acceptors (Lipinski definition) is 2. The second-order valence-corrected chi connectivity index (χ2v) is 6.80. The second-order valence-electron chi connectivity index (χ2n) is 6.80. The molecule has 0 aliphatic carbocycles. The van der Waals surface area contributed by atoms with E-state index in [1.165, 1.54) is 24.8 Å². The van der Waals surface area contributed by atoms with Crippen molar-refractivity contribution in [2.75, 3.05) is 6.54 Å². The van der Waals surface area contributed by atoms with Crippen molar-refractivity contribution in [1.82, 2.24) is 5.32 Å². The van der Waals surface area contributed by atoms with E-state index in [0.29, 0.717) is 0 Å². The van der Waals surface area contributed by atoms with E-state index in [1.807, 2.05) is 0 Å². The first-order chi connectivity index (χ1) is 9.37.